The molecule has 142 valence electrons. The summed E-state index contributed by atoms with van der Waals surface area (Å²) in [6.45, 7) is 2.66. The Bertz CT molecular complexity index is 639. The molecule has 1 aromatic carbocycles. The number of ether oxygens (including phenoxy) is 2. The predicted molar refractivity (Wildman–Crippen MR) is 101 cm³/mol. The lowest BCUT2D eigenvalue weighted by Crippen LogP contribution is -2.37. The van der Waals surface area contributed by atoms with E-state index in [1.165, 1.54) is 0 Å². The molecule has 1 heterocycles. The number of benzene rings is 1. The Hall–Kier alpha value is -2.05. The highest BCUT2D eigenvalue weighted by Gasteiger charge is 2.25. The second-order valence-electron chi connectivity index (χ2n) is 7.26. The highest BCUT2D eigenvalue weighted by atomic mass is 16.5. The lowest BCUT2D eigenvalue weighted by Gasteiger charge is -2.18. The van der Waals surface area contributed by atoms with Gasteiger partial charge in [-0.1, -0.05) is 12.2 Å². The van der Waals surface area contributed by atoms with E-state index in [2.05, 4.69) is 16.3 Å². The molecule has 6 nitrogen and oxygen atoms in total. The van der Waals surface area contributed by atoms with Crippen LogP contribution < -0.4 is 20.5 Å². The maximum atomic E-state index is 12.3. The van der Waals surface area contributed by atoms with Crippen LogP contribution in [0.25, 0.3) is 0 Å². The number of carbonyl (C=O) groups is 1. The molecular weight excluding hydrogens is 330 g/mol. The van der Waals surface area contributed by atoms with Crippen molar-refractivity contribution >= 4 is 5.91 Å². The molecule has 1 fully saturated rings. The van der Waals surface area contributed by atoms with Crippen molar-refractivity contribution in [3.63, 3.8) is 0 Å². The third kappa shape index (κ3) is 4.99. The van der Waals surface area contributed by atoms with Crippen LogP contribution >= 0.6 is 0 Å². The molecular formula is C20H29N3O3. The summed E-state index contributed by atoms with van der Waals surface area (Å²) in [5.74, 6) is 2.01. The summed E-state index contributed by atoms with van der Waals surface area (Å²) in [4.78, 5) is 14.6. The molecule has 1 amide bonds. The minimum absolute atomic E-state index is 0.106. The quantitative estimate of drug-likeness (QED) is 0.725. The summed E-state index contributed by atoms with van der Waals surface area (Å²) in [6.07, 6.45) is 6.46. The van der Waals surface area contributed by atoms with Gasteiger partial charge in [-0.25, -0.2) is 0 Å². The van der Waals surface area contributed by atoms with E-state index < -0.39 is 0 Å². The molecule has 0 spiro atoms. The molecule has 2 aliphatic rings. The van der Waals surface area contributed by atoms with Crippen molar-refractivity contribution in [1.82, 2.24) is 10.2 Å². The molecule has 1 aromatic rings. The van der Waals surface area contributed by atoms with Gasteiger partial charge < -0.3 is 20.5 Å². The van der Waals surface area contributed by atoms with Gasteiger partial charge in [-0.2, -0.15) is 0 Å². The lowest BCUT2D eigenvalue weighted by atomic mass is 10.0. The van der Waals surface area contributed by atoms with E-state index in [9.17, 15) is 4.79 Å². The Kier molecular flexibility index (Phi) is 6.16. The highest BCUT2D eigenvalue weighted by Crippen LogP contribution is 2.25. The Morgan fingerprint density at radius 1 is 1.23 bits per heavy atom. The number of allylic oxidation sites excluding steroid dienone is 1. The van der Waals surface area contributed by atoms with Gasteiger partial charge in [-0.05, 0) is 36.5 Å². The summed E-state index contributed by atoms with van der Waals surface area (Å²) in [7, 11) is 3.32. The average molecular weight is 359 g/mol. The van der Waals surface area contributed by atoms with Gasteiger partial charge in [0.1, 0.15) is 11.5 Å². The van der Waals surface area contributed by atoms with Crippen LogP contribution in [0.4, 0.5) is 0 Å². The van der Waals surface area contributed by atoms with Crippen LogP contribution in [0.3, 0.4) is 0 Å². The van der Waals surface area contributed by atoms with Crippen LogP contribution in [0.1, 0.15) is 24.8 Å². The molecule has 1 unspecified atom stereocenters. The zero-order valence-electron chi connectivity index (χ0n) is 15.6. The monoisotopic (exact) mass is 359 g/mol. The van der Waals surface area contributed by atoms with Gasteiger partial charge in [-0.15, -0.1) is 0 Å². The Balaban J connectivity index is 1.48. The van der Waals surface area contributed by atoms with E-state index in [0.29, 0.717) is 6.42 Å². The second-order valence-corrected chi connectivity index (χ2v) is 7.26. The van der Waals surface area contributed by atoms with Crippen molar-refractivity contribution in [2.24, 2.45) is 11.7 Å². The summed E-state index contributed by atoms with van der Waals surface area (Å²) < 4.78 is 10.7. The minimum Gasteiger partial charge on any atom is -0.497 e. The van der Waals surface area contributed by atoms with Gasteiger partial charge in [0, 0.05) is 44.2 Å². The number of methoxy groups -OCH3 is 2. The number of hydrogen-bond donors (Lipinski definition) is 2. The first-order chi connectivity index (χ1) is 12.6. The SMILES string of the molecule is COc1cc(CN2CCC(NC(=O)C[C@@H]3C=C[C@H](N)C3)C2)cc(OC)c1. The van der Waals surface area contributed by atoms with Gasteiger partial charge in [0.15, 0.2) is 0 Å². The van der Waals surface area contributed by atoms with Crippen LogP contribution in [0.2, 0.25) is 0 Å². The van der Waals surface area contributed by atoms with E-state index in [1.807, 2.05) is 24.3 Å². The number of nitrogens with one attached hydrogen (secondary N) is 1. The van der Waals surface area contributed by atoms with Crippen LogP contribution in [0.15, 0.2) is 30.4 Å². The molecule has 0 radical (unpaired) electrons. The first-order valence-corrected chi connectivity index (χ1v) is 9.23. The molecule has 1 aliphatic carbocycles. The Labute approximate surface area is 155 Å². The van der Waals surface area contributed by atoms with Crippen molar-refractivity contribution in [1.29, 1.82) is 0 Å². The Morgan fingerprint density at radius 2 is 1.96 bits per heavy atom. The number of likely N-dealkylation sites (tertiary alicyclic amines) is 1. The van der Waals surface area contributed by atoms with E-state index in [0.717, 1.165) is 49.5 Å². The molecule has 1 aliphatic heterocycles. The number of amides is 1. The first-order valence-electron chi connectivity index (χ1n) is 9.23. The number of carbonyl (C=O) groups excluding carboxylic acids is 1. The van der Waals surface area contributed by atoms with Gasteiger partial charge in [0.05, 0.1) is 14.2 Å². The molecule has 0 saturated carbocycles. The van der Waals surface area contributed by atoms with Crippen molar-refractivity contribution in [3.05, 3.63) is 35.9 Å². The van der Waals surface area contributed by atoms with E-state index >= 15 is 0 Å². The molecule has 3 rings (SSSR count). The van der Waals surface area contributed by atoms with E-state index in [4.69, 9.17) is 15.2 Å². The topological polar surface area (TPSA) is 76.8 Å². The molecule has 0 aromatic heterocycles. The van der Waals surface area contributed by atoms with Gasteiger partial charge >= 0.3 is 0 Å². The summed E-state index contributed by atoms with van der Waals surface area (Å²) in [5, 5.41) is 3.18. The zero-order valence-corrected chi connectivity index (χ0v) is 15.6. The summed E-state index contributed by atoms with van der Waals surface area (Å²) >= 11 is 0. The average Bonchev–Trinajstić information content (AvgIpc) is 3.23. The van der Waals surface area contributed by atoms with Crippen molar-refractivity contribution < 1.29 is 14.3 Å². The van der Waals surface area contributed by atoms with Crippen molar-refractivity contribution in [3.8, 4) is 11.5 Å². The predicted octanol–water partition coefficient (Wildman–Crippen LogP) is 1.69. The Morgan fingerprint density at radius 3 is 2.58 bits per heavy atom. The molecule has 3 atom stereocenters. The molecule has 3 N–H and O–H groups in total. The van der Waals surface area contributed by atoms with Gasteiger partial charge in [-0.3, -0.25) is 9.69 Å². The molecule has 0 bridgehead atoms. The largest absolute Gasteiger partial charge is 0.497 e. The lowest BCUT2D eigenvalue weighted by molar-refractivity contribution is -0.122. The maximum absolute atomic E-state index is 12.3. The normalized spacial score (nSPS) is 25.4. The third-order valence-electron chi connectivity index (χ3n) is 5.11. The van der Waals surface area contributed by atoms with Crippen LogP contribution in [0.5, 0.6) is 11.5 Å². The van der Waals surface area contributed by atoms with Gasteiger partial charge in [0.2, 0.25) is 5.91 Å². The van der Waals surface area contributed by atoms with Gasteiger partial charge in [0.25, 0.3) is 0 Å². The standard InChI is InChI=1S/C20H29N3O3/c1-25-18-8-15(9-19(11-18)26-2)12-23-6-5-17(13-23)22-20(24)10-14-3-4-16(21)7-14/h3-4,8-9,11,14,16-17H,5-7,10,12-13,21H2,1-2H3,(H,22,24)/t14-,16+,17?/m1/s1. The van der Waals surface area contributed by atoms with Crippen molar-refractivity contribution in [2.45, 2.75) is 37.9 Å². The highest BCUT2D eigenvalue weighted by molar-refractivity contribution is 5.76. The van der Waals surface area contributed by atoms with E-state index in [-0.39, 0.29) is 23.9 Å². The minimum atomic E-state index is 0.106. The zero-order chi connectivity index (χ0) is 18.5. The number of hydrogen-bond acceptors (Lipinski definition) is 5. The maximum Gasteiger partial charge on any atom is 0.220 e. The third-order valence-corrected chi connectivity index (χ3v) is 5.11. The fourth-order valence-electron chi connectivity index (χ4n) is 3.79. The smallest absolute Gasteiger partial charge is 0.220 e. The number of nitrogens with two attached hydrogens (primary N) is 1. The van der Waals surface area contributed by atoms with Crippen LogP contribution in [-0.2, 0) is 11.3 Å². The summed E-state index contributed by atoms with van der Waals surface area (Å²) in [6, 6.07) is 6.26. The molecule has 1 saturated heterocycles. The fraction of sp³-hybridized carbons (Fsp3) is 0.550. The van der Waals surface area contributed by atoms with Crippen LogP contribution in [-0.4, -0.2) is 50.2 Å². The molecule has 6 heteroatoms. The van der Waals surface area contributed by atoms with Crippen molar-refractivity contribution in [2.75, 3.05) is 27.3 Å². The van der Waals surface area contributed by atoms with Crippen LogP contribution in [0, 0.1) is 5.92 Å². The number of rotatable bonds is 7. The first kappa shape index (κ1) is 18.7. The number of nitrogens with zero attached hydrogens (tertiary/aromatic N) is 1. The van der Waals surface area contributed by atoms with E-state index in [1.54, 1.807) is 14.2 Å². The second kappa shape index (κ2) is 8.56. The fourth-order valence-corrected chi connectivity index (χ4v) is 3.79. The molecule has 26 heavy (non-hydrogen) atoms. The summed E-state index contributed by atoms with van der Waals surface area (Å²) in [5.41, 5.74) is 7.01.